The Kier molecular flexibility index (Phi) is 4.67. The normalized spacial score (nSPS) is 21.8. The molecule has 1 atom stereocenters. The molecule has 132 valence electrons. The van der Waals surface area contributed by atoms with Gasteiger partial charge in [0.25, 0.3) is 0 Å². The summed E-state index contributed by atoms with van der Waals surface area (Å²) in [6.45, 7) is 8.96. The Morgan fingerprint density at radius 2 is 2.04 bits per heavy atom. The lowest BCUT2D eigenvalue weighted by molar-refractivity contribution is 0.00820. The fraction of sp³-hybridized carbons (Fsp3) is 0.667. The van der Waals surface area contributed by atoms with E-state index in [9.17, 15) is 4.79 Å². The van der Waals surface area contributed by atoms with Crippen molar-refractivity contribution >= 4 is 11.8 Å². The number of anilines is 1. The van der Waals surface area contributed by atoms with Crippen molar-refractivity contribution in [3.05, 3.63) is 24.0 Å². The zero-order valence-electron chi connectivity index (χ0n) is 15.0. The Hall–Kier alpha value is -1.82. The average molecular weight is 333 g/mol. The summed E-state index contributed by atoms with van der Waals surface area (Å²) < 4.78 is 10.9. The number of methoxy groups -OCH3 is 1. The summed E-state index contributed by atoms with van der Waals surface area (Å²) in [6.07, 6.45) is 4.89. The van der Waals surface area contributed by atoms with Crippen LogP contribution in [0.15, 0.2) is 18.5 Å². The van der Waals surface area contributed by atoms with Crippen LogP contribution in [0.25, 0.3) is 0 Å². The number of ether oxygens (including phenoxy) is 2. The minimum atomic E-state index is -0.452. The quantitative estimate of drug-likeness (QED) is 0.851. The number of hydrogen-bond donors (Lipinski definition) is 0. The molecule has 2 aliphatic rings. The number of likely N-dealkylation sites (tertiary alicyclic amines) is 1. The van der Waals surface area contributed by atoms with Gasteiger partial charge < -0.3 is 19.3 Å². The summed E-state index contributed by atoms with van der Waals surface area (Å²) in [5.41, 5.74) is 1.99. The van der Waals surface area contributed by atoms with Crippen LogP contribution in [0.5, 0.6) is 0 Å². The van der Waals surface area contributed by atoms with Crippen molar-refractivity contribution in [3.63, 3.8) is 0 Å². The summed E-state index contributed by atoms with van der Waals surface area (Å²) >= 11 is 0. The van der Waals surface area contributed by atoms with Crippen LogP contribution in [0, 0.1) is 0 Å². The zero-order chi connectivity index (χ0) is 17.3. The predicted octanol–water partition coefficient (Wildman–Crippen LogP) is 2.64. The van der Waals surface area contributed by atoms with Gasteiger partial charge in [0.05, 0.1) is 6.10 Å². The van der Waals surface area contributed by atoms with Crippen molar-refractivity contribution in [1.29, 1.82) is 0 Å². The van der Waals surface area contributed by atoms with E-state index < -0.39 is 5.60 Å². The lowest BCUT2D eigenvalue weighted by Crippen LogP contribution is -2.50. The Bertz CT molecular complexity index is 593. The maximum absolute atomic E-state index is 12.1. The fourth-order valence-electron chi connectivity index (χ4n) is 3.29. The molecule has 2 saturated heterocycles. The van der Waals surface area contributed by atoms with E-state index in [4.69, 9.17) is 9.47 Å². The number of aromatic nitrogens is 1. The Morgan fingerprint density at radius 1 is 1.29 bits per heavy atom. The first kappa shape index (κ1) is 17.0. The SMILES string of the molecule is CO[C@@H]1CCN(c2ccncc2C2CN(C(=O)OC(C)(C)C)C2)C1. The number of amides is 1. The summed E-state index contributed by atoms with van der Waals surface area (Å²) in [5.74, 6) is 0.322. The second-order valence-electron chi connectivity index (χ2n) is 7.61. The first-order chi connectivity index (χ1) is 11.4. The maximum atomic E-state index is 12.1. The first-order valence-electron chi connectivity index (χ1n) is 8.57. The van der Waals surface area contributed by atoms with E-state index >= 15 is 0 Å². The maximum Gasteiger partial charge on any atom is 0.410 e. The van der Waals surface area contributed by atoms with Crippen molar-refractivity contribution < 1.29 is 14.3 Å². The van der Waals surface area contributed by atoms with Crippen LogP contribution in [0.2, 0.25) is 0 Å². The van der Waals surface area contributed by atoms with E-state index in [1.165, 1.54) is 11.3 Å². The molecule has 3 heterocycles. The van der Waals surface area contributed by atoms with Crippen molar-refractivity contribution in [3.8, 4) is 0 Å². The first-order valence-corrected chi connectivity index (χ1v) is 8.57. The van der Waals surface area contributed by atoms with E-state index in [1.807, 2.05) is 33.2 Å². The topological polar surface area (TPSA) is 54.9 Å². The number of carbonyl (C=O) groups is 1. The fourth-order valence-corrected chi connectivity index (χ4v) is 3.29. The largest absolute Gasteiger partial charge is 0.444 e. The monoisotopic (exact) mass is 333 g/mol. The molecule has 2 aliphatic heterocycles. The standard InChI is InChI=1S/C18H27N3O3/c1-18(2,3)24-17(22)21-10-13(11-21)15-9-19-7-5-16(15)20-8-6-14(12-20)23-4/h5,7,9,13-14H,6,8,10-12H2,1-4H3/t14-/m1/s1. The van der Waals surface area contributed by atoms with Gasteiger partial charge in [0.2, 0.25) is 0 Å². The molecular formula is C18H27N3O3. The summed E-state index contributed by atoms with van der Waals surface area (Å²) in [4.78, 5) is 20.5. The van der Waals surface area contributed by atoms with Crippen LogP contribution in [-0.4, -0.2) is 61.0 Å². The highest BCUT2D eigenvalue weighted by Crippen LogP contribution is 2.35. The molecule has 2 fully saturated rings. The molecule has 0 aliphatic carbocycles. The van der Waals surface area contributed by atoms with E-state index in [1.54, 1.807) is 12.0 Å². The van der Waals surface area contributed by atoms with Crippen LogP contribution in [0.3, 0.4) is 0 Å². The van der Waals surface area contributed by atoms with Crippen LogP contribution in [0.1, 0.15) is 38.7 Å². The molecule has 0 radical (unpaired) electrons. The molecule has 0 aromatic carbocycles. The summed E-state index contributed by atoms with van der Waals surface area (Å²) in [5, 5.41) is 0. The average Bonchev–Trinajstić information content (AvgIpc) is 2.93. The highest BCUT2D eigenvalue weighted by Gasteiger charge is 2.37. The summed E-state index contributed by atoms with van der Waals surface area (Å²) in [7, 11) is 1.77. The zero-order valence-corrected chi connectivity index (χ0v) is 15.0. The third-order valence-corrected chi connectivity index (χ3v) is 4.62. The lowest BCUT2D eigenvalue weighted by Gasteiger charge is -2.41. The van der Waals surface area contributed by atoms with Gasteiger partial charge in [0.1, 0.15) is 5.60 Å². The number of nitrogens with zero attached hydrogens (tertiary/aromatic N) is 3. The number of pyridine rings is 1. The van der Waals surface area contributed by atoms with Crippen molar-refractivity contribution in [1.82, 2.24) is 9.88 Å². The lowest BCUT2D eigenvalue weighted by atomic mass is 9.91. The van der Waals surface area contributed by atoms with Gasteiger partial charge in [-0.1, -0.05) is 0 Å². The Morgan fingerprint density at radius 3 is 2.67 bits per heavy atom. The second-order valence-corrected chi connectivity index (χ2v) is 7.61. The predicted molar refractivity (Wildman–Crippen MR) is 92.4 cm³/mol. The molecule has 24 heavy (non-hydrogen) atoms. The molecule has 0 saturated carbocycles. The van der Waals surface area contributed by atoms with E-state index in [0.717, 1.165) is 19.5 Å². The van der Waals surface area contributed by atoms with Gasteiger partial charge in [-0.05, 0) is 33.3 Å². The highest BCUT2D eigenvalue weighted by atomic mass is 16.6. The molecule has 3 rings (SSSR count). The minimum absolute atomic E-state index is 0.232. The van der Waals surface area contributed by atoms with Gasteiger partial charge in [-0.2, -0.15) is 0 Å². The molecule has 0 unspecified atom stereocenters. The molecule has 0 bridgehead atoms. The van der Waals surface area contributed by atoms with Crippen LogP contribution < -0.4 is 4.90 Å². The number of rotatable bonds is 3. The molecular weight excluding hydrogens is 306 g/mol. The van der Waals surface area contributed by atoms with Gasteiger partial charge in [-0.3, -0.25) is 4.98 Å². The Labute approximate surface area is 143 Å². The van der Waals surface area contributed by atoms with Crippen molar-refractivity contribution in [2.24, 2.45) is 0 Å². The summed E-state index contributed by atoms with van der Waals surface area (Å²) in [6, 6.07) is 2.07. The van der Waals surface area contributed by atoms with Gasteiger partial charge in [-0.25, -0.2) is 4.79 Å². The molecule has 1 amide bonds. The number of hydrogen-bond acceptors (Lipinski definition) is 5. The van der Waals surface area contributed by atoms with Gasteiger partial charge in [0, 0.05) is 62.9 Å². The van der Waals surface area contributed by atoms with E-state index in [-0.39, 0.29) is 6.09 Å². The molecule has 0 N–H and O–H groups in total. The molecule has 1 aromatic rings. The van der Waals surface area contributed by atoms with Crippen molar-refractivity contribution in [2.75, 3.05) is 38.2 Å². The number of carbonyl (C=O) groups excluding carboxylic acids is 1. The third kappa shape index (κ3) is 3.64. The molecule has 1 aromatic heterocycles. The van der Waals surface area contributed by atoms with Crippen molar-refractivity contribution in [2.45, 2.75) is 44.8 Å². The van der Waals surface area contributed by atoms with Crippen LogP contribution in [-0.2, 0) is 9.47 Å². The van der Waals surface area contributed by atoms with Crippen LogP contribution in [0.4, 0.5) is 10.5 Å². The minimum Gasteiger partial charge on any atom is -0.444 e. The second kappa shape index (κ2) is 6.59. The third-order valence-electron chi connectivity index (χ3n) is 4.62. The van der Waals surface area contributed by atoms with E-state index in [2.05, 4.69) is 16.0 Å². The molecule has 6 heteroatoms. The van der Waals surface area contributed by atoms with Crippen LogP contribution >= 0.6 is 0 Å². The van der Waals surface area contributed by atoms with Gasteiger partial charge in [0.15, 0.2) is 0 Å². The van der Waals surface area contributed by atoms with E-state index in [0.29, 0.717) is 25.1 Å². The smallest absolute Gasteiger partial charge is 0.410 e. The van der Waals surface area contributed by atoms with Gasteiger partial charge in [-0.15, -0.1) is 0 Å². The molecule has 6 nitrogen and oxygen atoms in total. The van der Waals surface area contributed by atoms with Gasteiger partial charge >= 0.3 is 6.09 Å². The Balaban J connectivity index is 1.64. The molecule has 0 spiro atoms. The highest BCUT2D eigenvalue weighted by molar-refractivity contribution is 5.70.